The highest BCUT2D eigenvalue weighted by atomic mass is 16.5. The second kappa shape index (κ2) is 5.71. The van der Waals surface area contributed by atoms with Crippen molar-refractivity contribution in [3.05, 3.63) is 36.0 Å². The Hall–Kier alpha value is -1.77. The van der Waals surface area contributed by atoms with Crippen molar-refractivity contribution in [2.75, 3.05) is 11.5 Å². The highest BCUT2D eigenvalue weighted by molar-refractivity contribution is 5.96. The molecule has 0 fully saturated rings. The smallest absolute Gasteiger partial charge is 0.228 e. The van der Waals surface area contributed by atoms with Crippen molar-refractivity contribution in [2.45, 2.75) is 33.1 Å². The van der Waals surface area contributed by atoms with E-state index in [2.05, 4.69) is 13.0 Å². The fraction of sp³-hybridized carbons (Fsp3) is 0.400. The molecule has 0 saturated heterocycles. The molecule has 0 unspecified atom stereocenters. The normalized spacial score (nSPS) is 16.3. The summed E-state index contributed by atoms with van der Waals surface area (Å²) < 4.78 is 5.68. The Morgan fingerprint density at radius 1 is 1.44 bits per heavy atom. The Labute approximate surface area is 108 Å². The lowest BCUT2D eigenvalue weighted by Gasteiger charge is -2.31. The van der Waals surface area contributed by atoms with E-state index in [4.69, 9.17) is 4.74 Å². The molecular formula is C15H19NO2. The minimum absolute atomic E-state index is 0.0356. The van der Waals surface area contributed by atoms with Crippen molar-refractivity contribution in [3.8, 4) is 5.75 Å². The van der Waals surface area contributed by atoms with Crippen molar-refractivity contribution >= 4 is 11.6 Å². The molecule has 2 rings (SSSR count). The standard InChI is InChI=1S/C15H19NO2/c1-3-4-5-8-13-11-18-15-10-7-6-9-14(15)16(13)12(2)17/h6-10H,3-5,11H2,1-2H3. The average molecular weight is 245 g/mol. The molecule has 1 aliphatic rings. The molecule has 18 heavy (non-hydrogen) atoms. The third-order valence-corrected chi connectivity index (χ3v) is 3.02. The van der Waals surface area contributed by atoms with Crippen LogP contribution in [0.25, 0.3) is 0 Å². The molecule has 0 atom stereocenters. The number of hydrogen-bond acceptors (Lipinski definition) is 2. The first-order valence-corrected chi connectivity index (χ1v) is 6.45. The predicted octanol–water partition coefficient (Wildman–Crippen LogP) is 3.51. The van der Waals surface area contributed by atoms with Gasteiger partial charge < -0.3 is 4.74 Å². The molecule has 0 aromatic heterocycles. The summed E-state index contributed by atoms with van der Waals surface area (Å²) in [6, 6.07) is 7.66. The molecule has 1 heterocycles. The topological polar surface area (TPSA) is 29.5 Å². The van der Waals surface area contributed by atoms with E-state index >= 15 is 0 Å². The number of carbonyl (C=O) groups is 1. The number of benzene rings is 1. The van der Waals surface area contributed by atoms with Crippen LogP contribution in [0.5, 0.6) is 5.75 Å². The van der Waals surface area contributed by atoms with Crippen molar-refractivity contribution in [1.82, 2.24) is 0 Å². The second-order valence-electron chi connectivity index (χ2n) is 4.45. The van der Waals surface area contributed by atoms with Crippen molar-refractivity contribution in [3.63, 3.8) is 0 Å². The highest BCUT2D eigenvalue weighted by Crippen LogP contribution is 2.35. The zero-order valence-electron chi connectivity index (χ0n) is 11.0. The van der Waals surface area contributed by atoms with Crippen LogP contribution in [0.3, 0.4) is 0 Å². The number of unbranched alkanes of at least 4 members (excludes halogenated alkanes) is 2. The van der Waals surface area contributed by atoms with Gasteiger partial charge in [-0.15, -0.1) is 0 Å². The summed E-state index contributed by atoms with van der Waals surface area (Å²) in [5, 5.41) is 0. The highest BCUT2D eigenvalue weighted by Gasteiger charge is 2.24. The number of anilines is 1. The lowest BCUT2D eigenvalue weighted by Crippen LogP contribution is -2.34. The summed E-state index contributed by atoms with van der Waals surface area (Å²) in [5.41, 5.74) is 1.80. The van der Waals surface area contributed by atoms with E-state index in [1.807, 2.05) is 24.3 Å². The third kappa shape index (κ3) is 2.55. The molecule has 1 aromatic carbocycles. The average Bonchev–Trinajstić information content (AvgIpc) is 2.38. The predicted molar refractivity (Wildman–Crippen MR) is 72.7 cm³/mol. The Morgan fingerprint density at radius 3 is 2.94 bits per heavy atom. The van der Waals surface area contributed by atoms with Gasteiger partial charge >= 0.3 is 0 Å². The van der Waals surface area contributed by atoms with Crippen LogP contribution in [0, 0.1) is 0 Å². The zero-order chi connectivity index (χ0) is 13.0. The van der Waals surface area contributed by atoms with Crippen molar-refractivity contribution in [1.29, 1.82) is 0 Å². The fourth-order valence-electron chi connectivity index (χ4n) is 2.13. The van der Waals surface area contributed by atoms with Crippen molar-refractivity contribution < 1.29 is 9.53 Å². The molecule has 3 heteroatoms. The minimum atomic E-state index is 0.0356. The lowest BCUT2D eigenvalue weighted by molar-refractivity contribution is -0.116. The van der Waals surface area contributed by atoms with Gasteiger partial charge in [-0.2, -0.15) is 0 Å². The molecule has 0 saturated carbocycles. The van der Waals surface area contributed by atoms with Crippen LogP contribution in [0.1, 0.15) is 33.1 Å². The van der Waals surface area contributed by atoms with Crippen LogP contribution < -0.4 is 9.64 Å². The van der Waals surface area contributed by atoms with Gasteiger partial charge in [-0.25, -0.2) is 0 Å². The number of ether oxygens (including phenoxy) is 1. The monoisotopic (exact) mass is 245 g/mol. The quantitative estimate of drug-likeness (QED) is 0.763. The molecule has 3 nitrogen and oxygen atoms in total. The van der Waals surface area contributed by atoms with Gasteiger partial charge in [-0.05, 0) is 18.6 Å². The summed E-state index contributed by atoms with van der Waals surface area (Å²) in [6.07, 6.45) is 5.39. The van der Waals surface area contributed by atoms with Gasteiger partial charge in [0.1, 0.15) is 12.4 Å². The maximum absolute atomic E-state index is 11.8. The summed E-state index contributed by atoms with van der Waals surface area (Å²) in [4.78, 5) is 13.6. The largest absolute Gasteiger partial charge is 0.485 e. The Balaban J connectivity index is 2.30. The van der Waals surface area contributed by atoms with Gasteiger partial charge in [0.05, 0.1) is 11.4 Å². The summed E-state index contributed by atoms with van der Waals surface area (Å²) >= 11 is 0. The Bertz CT molecular complexity index is 465. The lowest BCUT2D eigenvalue weighted by atomic mass is 10.1. The Kier molecular flexibility index (Phi) is 4.03. The molecule has 0 radical (unpaired) electrons. The van der Waals surface area contributed by atoms with Gasteiger partial charge in [-0.1, -0.05) is 38.0 Å². The first-order chi connectivity index (χ1) is 8.74. The number of hydrogen-bond donors (Lipinski definition) is 0. The van der Waals surface area contributed by atoms with Crippen LogP contribution in [-0.2, 0) is 4.79 Å². The van der Waals surface area contributed by atoms with Crippen LogP contribution in [-0.4, -0.2) is 12.5 Å². The SMILES string of the molecule is CCCCC=C1COc2ccccc2N1C(C)=O. The summed E-state index contributed by atoms with van der Waals surface area (Å²) in [5.74, 6) is 0.814. The van der Waals surface area contributed by atoms with Gasteiger partial charge in [0.2, 0.25) is 5.91 Å². The van der Waals surface area contributed by atoms with Gasteiger partial charge in [0.15, 0.2) is 0 Å². The summed E-state index contributed by atoms with van der Waals surface area (Å²) in [6.45, 7) is 4.23. The van der Waals surface area contributed by atoms with Gasteiger partial charge in [0, 0.05) is 6.92 Å². The maximum Gasteiger partial charge on any atom is 0.228 e. The molecule has 1 aromatic rings. The molecule has 1 aliphatic heterocycles. The van der Waals surface area contributed by atoms with Crippen molar-refractivity contribution in [2.24, 2.45) is 0 Å². The number of carbonyl (C=O) groups excluding carboxylic acids is 1. The number of rotatable bonds is 3. The van der Waals surface area contributed by atoms with E-state index in [-0.39, 0.29) is 5.91 Å². The van der Waals surface area contributed by atoms with Gasteiger partial charge in [0.25, 0.3) is 0 Å². The molecule has 1 amide bonds. The van der Waals surface area contributed by atoms with E-state index in [0.717, 1.165) is 36.4 Å². The first-order valence-electron chi connectivity index (χ1n) is 6.45. The van der Waals surface area contributed by atoms with Crippen LogP contribution >= 0.6 is 0 Å². The first kappa shape index (κ1) is 12.7. The van der Waals surface area contributed by atoms with E-state index < -0.39 is 0 Å². The van der Waals surface area contributed by atoms with E-state index in [0.29, 0.717) is 6.61 Å². The zero-order valence-corrected chi connectivity index (χ0v) is 11.0. The number of amides is 1. The Morgan fingerprint density at radius 2 is 2.22 bits per heavy atom. The third-order valence-electron chi connectivity index (χ3n) is 3.02. The van der Waals surface area contributed by atoms with Crippen LogP contribution in [0.15, 0.2) is 36.0 Å². The van der Waals surface area contributed by atoms with E-state index in [1.54, 1.807) is 11.8 Å². The van der Waals surface area contributed by atoms with E-state index in [9.17, 15) is 4.79 Å². The van der Waals surface area contributed by atoms with Gasteiger partial charge in [-0.3, -0.25) is 9.69 Å². The molecule has 96 valence electrons. The molecule has 0 aliphatic carbocycles. The summed E-state index contributed by atoms with van der Waals surface area (Å²) in [7, 11) is 0. The van der Waals surface area contributed by atoms with E-state index in [1.165, 1.54) is 0 Å². The number of para-hydroxylation sites is 2. The number of nitrogens with zero attached hydrogens (tertiary/aromatic N) is 1. The second-order valence-corrected chi connectivity index (χ2v) is 4.45. The minimum Gasteiger partial charge on any atom is -0.485 e. The molecule has 0 bridgehead atoms. The molecule has 0 spiro atoms. The van der Waals surface area contributed by atoms with Crippen LogP contribution in [0.4, 0.5) is 5.69 Å². The number of fused-ring (bicyclic) bond motifs is 1. The van der Waals surface area contributed by atoms with Crippen LogP contribution in [0.2, 0.25) is 0 Å². The molecular weight excluding hydrogens is 226 g/mol. The molecule has 0 N–H and O–H groups in total. The number of allylic oxidation sites excluding steroid dienone is 1. The fourth-order valence-corrected chi connectivity index (χ4v) is 2.13. The maximum atomic E-state index is 11.8.